The third kappa shape index (κ3) is 4.34. The number of nitrogens with one attached hydrogen (secondary N) is 3. The molecule has 9 nitrogen and oxygen atoms in total. The van der Waals surface area contributed by atoms with Gasteiger partial charge < -0.3 is 16.0 Å². The summed E-state index contributed by atoms with van der Waals surface area (Å²) in [6.07, 6.45) is 0. The maximum absolute atomic E-state index is 12.5. The zero-order chi connectivity index (χ0) is 21.0. The van der Waals surface area contributed by atoms with Crippen LogP contribution in [0.4, 0.5) is 11.8 Å². The number of imide groups is 1. The monoisotopic (exact) mass is 396 g/mol. The summed E-state index contributed by atoms with van der Waals surface area (Å²) >= 11 is 0. The van der Waals surface area contributed by atoms with Gasteiger partial charge >= 0.3 is 0 Å². The molecule has 0 bridgehead atoms. The molecule has 1 unspecified atom stereocenters. The molecule has 1 aromatic carbocycles. The number of rotatable bonds is 8. The first-order valence-electron chi connectivity index (χ1n) is 9.50. The molecule has 0 aliphatic carbocycles. The first-order chi connectivity index (χ1) is 13.9. The molecule has 0 radical (unpaired) electrons. The molecule has 1 aromatic heterocycles. The quantitative estimate of drug-likeness (QED) is 0.456. The van der Waals surface area contributed by atoms with Gasteiger partial charge in [-0.15, -0.1) is 0 Å². The van der Waals surface area contributed by atoms with Crippen molar-refractivity contribution in [1.82, 2.24) is 20.2 Å². The molecule has 0 spiro atoms. The lowest BCUT2D eigenvalue weighted by Gasteiger charge is -2.21. The van der Waals surface area contributed by atoms with Gasteiger partial charge in [-0.25, -0.2) is 4.98 Å². The predicted molar refractivity (Wildman–Crippen MR) is 109 cm³/mol. The van der Waals surface area contributed by atoms with Crippen molar-refractivity contribution in [2.24, 2.45) is 0 Å². The summed E-state index contributed by atoms with van der Waals surface area (Å²) in [4.78, 5) is 47.0. The van der Waals surface area contributed by atoms with E-state index in [9.17, 15) is 14.4 Å². The largest absolute Gasteiger partial charge is 0.368 e. The minimum Gasteiger partial charge on any atom is -0.368 e. The van der Waals surface area contributed by atoms with Crippen LogP contribution in [0.25, 0.3) is 0 Å². The number of carbonyl (C=O) groups excluding carboxylic acids is 3. The van der Waals surface area contributed by atoms with Gasteiger partial charge in [0.05, 0.1) is 11.1 Å². The van der Waals surface area contributed by atoms with Crippen molar-refractivity contribution < 1.29 is 14.4 Å². The number of nitrogens with zero attached hydrogens (tertiary/aromatic N) is 3. The van der Waals surface area contributed by atoms with Crippen LogP contribution in [-0.2, 0) is 4.79 Å². The SMILES string of the molecule is CCNc1nc(C)cc(NCCNC(=O)C(C)N2C(=O)c3ccccc3C2=O)n1. The van der Waals surface area contributed by atoms with Crippen LogP contribution >= 0.6 is 0 Å². The standard InChI is InChI=1S/C20H24N6O3/c1-4-21-20-24-12(2)11-16(25-20)22-9-10-23-17(27)13(3)26-18(28)14-7-5-6-8-15(14)19(26)29/h5-8,11,13H,4,9-10H2,1-3H3,(H,23,27)(H2,21,22,24,25). The zero-order valence-corrected chi connectivity index (χ0v) is 16.7. The van der Waals surface area contributed by atoms with E-state index in [2.05, 4.69) is 25.9 Å². The number of hydrogen-bond acceptors (Lipinski definition) is 7. The highest BCUT2D eigenvalue weighted by Gasteiger charge is 2.40. The van der Waals surface area contributed by atoms with Gasteiger partial charge in [0, 0.05) is 31.4 Å². The fraction of sp³-hybridized carbons (Fsp3) is 0.350. The number of hydrogen-bond donors (Lipinski definition) is 3. The number of aromatic nitrogens is 2. The highest BCUT2D eigenvalue weighted by Crippen LogP contribution is 2.24. The molecule has 1 aliphatic rings. The number of benzene rings is 1. The lowest BCUT2D eigenvalue weighted by atomic mass is 10.1. The van der Waals surface area contributed by atoms with Crippen molar-refractivity contribution in [3.05, 3.63) is 47.2 Å². The van der Waals surface area contributed by atoms with Crippen LogP contribution in [-0.4, -0.2) is 58.3 Å². The molecule has 0 saturated heterocycles. The van der Waals surface area contributed by atoms with E-state index in [0.717, 1.165) is 10.6 Å². The van der Waals surface area contributed by atoms with Gasteiger partial charge in [-0.1, -0.05) is 12.1 Å². The van der Waals surface area contributed by atoms with Gasteiger partial charge in [0.15, 0.2) is 0 Å². The molecule has 2 aromatic rings. The molecule has 2 heterocycles. The minimum absolute atomic E-state index is 0.311. The molecule has 0 fully saturated rings. The summed E-state index contributed by atoms with van der Waals surface area (Å²) in [5.41, 5.74) is 1.48. The zero-order valence-electron chi connectivity index (χ0n) is 16.7. The molecule has 0 saturated carbocycles. The van der Waals surface area contributed by atoms with E-state index in [-0.39, 0.29) is 0 Å². The maximum atomic E-state index is 12.5. The first-order valence-corrected chi connectivity index (χ1v) is 9.50. The van der Waals surface area contributed by atoms with Crippen LogP contribution in [0.1, 0.15) is 40.3 Å². The van der Waals surface area contributed by atoms with Gasteiger partial charge in [0.25, 0.3) is 11.8 Å². The van der Waals surface area contributed by atoms with Crippen LogP contribution < -0.4 is 16.0 Å². The van der Waals surface area contributed by atoms with E-state index in [0.29, 0.717) is 42.5 Å². The Bertz CT molecular complexity index is 911. The van der Waals surface area contributed by atoms with Crippen molar-refractivity contribution in [2.45, 2.75) is 26.8 Å². The summed E-state index contributed by atoms with van der Waals surface area (Å²) in [5, 5.41) is 8.93. The fourth-order valence-electron chi connectivity index (χ4n) is 3.10. The first kappa shape index (κ1) is 20.2. The number of fused-ring (bicyclic) bond motifs is 1. The molecular weight excluding hydrogens is 372 g/mol. The number of carbonyl (C=O) groups is 3. The molecule has 3 N–H and O–H groups in total. The second kappa shape index (κ2) is 8.68. The van der Waals surface area contributed by atoms with Crippen LogP contribution in [0.3, 0.4) is 0 Å². The van der Waals surface area contributed by atoms with E-state index in [1.807, 2.05) is 19.9 Å². The van der Waals surface area contributed by atoms with Crippen molar-refractivity contribution in [2.75, 3.05) is 30.3 Å². The third-order valence-corrected chi connectivity index (χ3v) is 4.51. The summed E-state index contributed by atoms with van der Waals surface area (Å²) < 4.78 is 0. The Morgan fingerprint density at radius 2 is 1.72 bits per heavy atom. The molecule has 1 aliphatic heterocycles. The topological polar surface area (TPSA) is 116 Å². The average molecular weight is 396 g/mol. The molecule has 3 rings (SSSR count). The van der Waals surface area contributed by atoms with E-state index in [4.69, 9.17) is 0 Å². The fourth-order valence-corrected chi connectivity index (χ4v) is 3.10. The molecule has 9 heteroatoms. The smallest absolute Gasteiger partial charge is 0.262 e. The van der Waals surface area contributed by atoms with Crippen LogP contribution in [0.5, 0.6) is 0 Å². The van der Waals surface area contributed by atoms with Crippen LogP contribution in [0, 0.1) is 6.92 Å². The Kier molecular flexibility index (Phi) is 6.06. The second-order valence-electron chi connectivity index (χ2n) is 6.67. The summed E-state index contributed by atoms with van der Waals surface area (Å²) in [7, 11) is 0. The highest BCUT2D eigenvalue weighted by atomic mass is 16.2. The lowest BCUT2D eigenvalue weighted by molar-refractivity contribution is -0.124. The Morgan fingerprint density at radius 3 is 2.34 bits per heavy atom. The normalized spacial score (nSPS) is 13.8. The Balaban J connectivity index is 1.53. The van der Waals surface area contributed by atoms with E-state index in [1.165, 1.54) is 0 Å². The van der Waals surface area contributed by atoms with Gasteiger partial charge in [0.2, 0.25) is 11.9 Å². The van der Waals surface area contributed by atoms with Crippen molar-refractivity contribution >= 4 is 29.5 Å². The number of aryl methyl sites for hydroxylation is 1. The Morgan fingerprint density at radius 1 is 1.07 bits per heavy atom. The molecule has 152 valence electrons. The molecule has 1 atom stereocenters. The molecule has 29 heavy (non-hydrogen) atoms. The highest BCUT2D eigenvalue weighted by molar-refractivity contribution is 6.22. The van der Waals surface area contributed by atoms with Crippen molar-refractivity contribution in [1.29, 1.82) is 0 Å². The minimum atomic E-state index is -0.899. The van der Waals surface area contributed by atoms with E-state index < -0.39 is 23.8 Å². The van der Waals surface area contributed by atoms with Crippen molar-refractivity contribution in [3.63, 3.8) is 0 Å². The summed E-state index contributed by atoms with van der Waals surface area (Å²) in [5.74, 6) is -0.0968. The van der Waals surface area contributed by atoms with Crippen molar-refractivity contribution in [3.8, 4) is 0 Å². The molecular formula is C20H24N6O3. The van der Waals surface area contributed by atoms with Gasteiger partial charge in [-0.3, -0.25) is 19.3 Å². The van der Waals surface area contributed by atoms with E-state index in [1.54, 1.807) is 31.2 Å². The third-order valence-electron chi connectivity index (χ3n) is 4.51. The number of amides is 3. The van der Waals surface area contributed by atoms with Crippen LogP contribution in [0.2, 0.25) is 0 Å². The molecule has 3 amide bonds. The summed E-state index contributed by atoms with van der Waals surface area (Å²) in [6, 6.07) is 7.49. The average Bonchev–Trinajstić information content (AvgIpc) is 2.95. The Labute approximate surface area is 168 Å². The van der Waals surface area contributed by atoms with Gasteiger partial charge in [0.1, 0.15) is 11.9 Å². The van der Waals surface area contributed by atoms with Crippen LogP contribution in [0.15, 0.2) is 30.3 Å². The lowest BCUT2D eigenvalue weighted by Crippen LogP contribution is -2.48. The summed E-state index contributed by atoms with van der Waals surface area (Å²) in [6.45, 7) is 6.84. The number of anilines is 2. The maximum Gasteiger partial charge on any atom is 0.262 e. The van der Waals surface area contributed by atoms with E-state index >= 15 is 0 Å². The Hall–Kier alpha value is -3.49. The van der Waals surface area contributed by atoms with Gasteiger partial charge in [-0.2, -0.15) is 4.98 Å². The predicted octanol–water partition coefficient (Wildman–Crippen LogP) is 1.43. The van der Waals surface area contributed by atoms with Gasteiger partial charge in [-0.05, 0) is 32.9 Å². The second-order valence-corrected chi connectivity index (χ2v) is 6.67.